The molecule has 1 saturated heterocycles. The molecule has 2 fully saturated rings. The van der Waals surface area contributed by atoms with E-state index in [2.05, 4.69) is 58.4 Å². The van der Waals surface area contributed by atoms with Gasteiger partial charge in [-0.3, -0.25) is 9.59 Å². The molecule has 16 heteroatoms. The maximum Gasteiger partial charge on any atom is 0.407 e. The minimum atomic E-state index is -0.845. The number of nitrogens with zero attached hydrogens (tertiary/aromatic N) is 7. The largest absolute Gasteiger partial charge is 0.480 e. The molecule has 6 rings (SSSR count). The molecule has 3 amide bonds. The van der Waals surface area contributed by atoms with Crippen LogP contribution in [0.5, 0.6) is 5.88 Å². The van der Waals surface area contributed by atoms with Gasteiger partial charge >= 0.3 is 6.09 Å². The molecule has 2 aromatic heterocycles. The van der Waals surface area contributed by atoms with Crippen molar-refractivity contribution >= 4 is 29.5 Å². The normalized spacial score (nSPS) is 18.2. The van der Waals surface area contributed by atoms with Gasteiger partial charge < -0.3 is 35.2 Å². The van der Waals surface area contributed by atoms with Gasteiger partial charge in [-0.1, -0.05) is 24.3 Å². The van der Waals surface area contributed by atoms with Crippen LogP contribution in [0.2, 0.25) is 0 Å². The number of methoxy groups -OCH3 is 1. The standard InChI is InChI=1S/C39H51N11O5/c1-39(2,3)55-38(53)41-23-26-8-12-29(13-9-26)34(51)43-32(35(52)42-30-16-14-28(15-17-30)33-45-47-48-46-33)22-25-6-10-27(11-7-25)31-24-40-37(44-36(31)54-5)50-20-18-49(4)19-21-50/h6-7,10-11,14-17,24,26,29,32H,8-9,12-13,18-23H2,1-5H3,(H,41,53)(H,42,52)(H,43,51)(H,45,46,47,48)/t26?,29?,32-/m0/s1. The Kier molecular flexibility index (Phi) is 12.5. The number of piperazine rings is 1. The Balaban J connectivity index is 1.12. The van der Waals surface area contributed by atoms with Gasteiger partial charge in [0, 0.05) is 62.5 Å². The van der Waals surface area contributed by atoms with Crippen molar-refractivity contribution in [3.05, 3.63) is 60.3 Å². The maximum absolute atomic E-state index is 13.8. The van der Waals surface area contributed by atoms with E-state index >= 15 is 0 Å². The van der Waals surface area contributed by atoms with Crippen LogP contribution in [0.4, 0.5) is 16.4 Å². The Morgan fingerprint density at radius 1 is 0.945 bits per heavy atom. The number of nitrogens with one attached hydrogen (secondary N) is 4. The molecular weight excluding hydrogens is 703 g/mol. The van der Waals surface area contributed by atoms with Gasteiger partial charge in [-0.25, -0.2) is 9.78 Å². The van der Waals surface area contributed by atoms with Crippen molar-refractivity contribution in [2.45, 2.75) is 64.5 Å². The Morgan fingerprint density at radius 3 is 2.27 bits per heavy atom. The molecule has 292 valence electrons. The Bertz CT molecular complexity index is 1880. The minimum absolute atomic E-state index is 0.162. The van der Waals surface area contributed by atoms with E-state index in [0.717, 1.165) is 61.3 Å². The SMILES string of the molecule is COc1nc(N2CCN(C)CC2)ncc1-c1ccc(C[C@H](NC(=O)C2CCC(CNC(=O)OC(C)(C)C)CC2)C(=O)Nc2ccc(-c3nn[nH]n3)cc2)cc1. The highest BCUT2D eigenvalue weighted by atomic mass is 16.6. The number of tetrazole rings is 1. The molecule has 1 aliphatic carbocycles. The van der Waals surface area contributed by atoms with Crippen LogP contribution in [0.1, 0.15) is 52.0 Å². The van der Waals surface area contributed by atoms with Crippen molar-refractivity contribution in [3.63, 3.8) is 0 Å². The molecule has 55 heavy (non-hydrogen) atoms. The molecular formula is C39H51N11O5. The number of alkyl carbamates (subject to hydrolysis) is 1. The lowest BCUT2D eigenvalue weighted by Crippen LogP contribution is -2.48. The molecule has 0 unspecified atom stereocenters. The number of anilines is 2. The van der Waals surface area contributed by atoms with Gasteiger partial charge in [0.15, 0.2) is 0 Å². The first-order valence-corrected chi connectivity index (χ1v) is 18.8. The van der Waals surface area contributed by atoms with Crippen molar-refractivity contribution in [2.75, 3.05) is 57.1 Å². The fraction of sp³-hybridized carbons (Fsp3) is 0.487. The van der Waals surface area contributed by atoms with E-state index in [-0.39, 0.29) is 30.1 Å². The molecule has 2 aromatic carbocycles. The first-order chi connectivity index (χ1) is 26.4. The third-order valence-electron chi connectivity index (χ3n) is 9.97. The zero-order valence-corrected chi connectivity index (χ0v) is 32.2. The van der Waals surface area contributed by atoms with E-state index in [1.165, 1.54) is 0 Å². The zero-order chi connectivity index (χ0) is 39.0. The summed E-state index contributed by atoms with van der Waals surface area (Å²) in [6.07, 6.45) is 4.49. The minimum Gasteiger partial charge on any atom is -0.480 e. The summed E-state index contributed by atoms with van der Waals surface area (Å²) >= 11 is 0. The molecule has 0 radical (unpaired) electrons. The van der Waals surface area contributed by atoms with Crippen LogP contribution in [0, 0.1) is 11.8 Å². The maximum atomic E-state index is 13.8. The summed E-state index contributed by atoms with van der Waals surface area (Å²) in [5.74, 6) is 1.08. The summed E-state index contributed by atoms with van der Waals surface area (Å²) in [7, 11) is 3.71. The number of amides is 3. The third kappa shape index (κ3) is 10.7. The number of hydrogen-bond donors (Lipinski definition) is 4. The van der Waals surface area contributed by atoms with E-state index in [0.29, 0.717) is 42.7 Å². The van der Waals surface area contributed by atoms with Crippen molar-refractivity contribution in [2.24, 2.45) is 11.8 Å². The first kappa shape index (κ1) is 39.1. The molecule has 2 aliphatic rings. The van der Waals surface area contributed by atoms with Crippen LogP contribution in [0.25, 0.3) is 22.5 Å². The lowest BCUT2D eigenvalue weighted by molar-refractivity contribution is -0.130. The molecule has 4 aromatic rings. The molecule has 1 saturated carbocycles. The van der Waals surface area contributed by atoms with Crippen molar-refractivity contribution in [1.82, 2.24) is 46.1 Å². The fourth-order valence-electron chi connectivity index (χ4n) is 6.81. The first-order valence-electron chi connectivity index (χ1n) is 18.8. The zero-order valence-electron chi connectivity index (χ0n) is 32.2. The third-order valence-corrected chi connectivity index (χ3v) is 9.97. The number of H-pyrrole nitrogens is 1. The van der Waals surface area contributed by atoms with Crippen molar-refractivity contribution < 1.29 is 23.9 Å². The number of carbonyl (C=O) groups excluding carboxylic acids is 3. The summed E-state index contributed by atoms with van der Waals surface area (Å²) in [5.41, 5.74) is 3.23. The predicted octanol–water partition coefficient (Wildman–Crippen LogP) is 4.08. The second kappa shape index (κ2) is 17.7. The molecule has 16 nitrogen and oxygen atoms in total. The Hall–Kier alpha value is -5.64. The van der Waals surface area contributed by atoms with Gasteiger partial charge in [-0.05, 0) is 100 Å². The van der Waals surface area contributed by atoms with E-state index < -0.39 is 17.7 Å². The van der Waals surface area contributed by atoms with Crippen LogP contribution in [0.3, 0.4) is 0 Å². The van der Waals surface area contributed by atoms with E-state index in [1.807, 2.05) is 45.0 Å². The number of ether oxygens (including phenoxy) is 2. The van der Waals surface area contributed by atoms with Crippen LogP contribution in [-0.2, 0) is 20.7 Å². The van der Waals surface area contributed by atoms with Gasteiger partial charge in [0.1, 0.15) is 11.6 Å². The quantitative estimate of drug-likeness (QED) is 0.162. The summed E-state index contributed by atoms with van der Waals surface area (Å²) in [6.45, 7) is 9.56. The number of rotatable bonds is 12. The molecule has 1 atom stereocenters. The highest BCUT2D eigenvalue weighted by molar-refractivity contribution is 5.97. The van der Waals surface area contributed by atoms with E-state index in [4.69, 9.17) is 14.5 Å². The molecule has 1 aliphatic heterocycles. The van der Waals surface area contributed by atoms with E-state index in [1.54, 1.807) is 37.6 Å². The fourth-order valence-corrected chi connectivity index (χ4v) is 6.81. The van der Waals surface area contributed by atoms with Crippen molar-refractivity contribution in [1.29, 1.82) is 0 Å². The summed E-state index contributed by atoms with van der Waals surface area (Å²) in [6, 6.07) is 14.0. The molecule has 3 heterocycles. The average molecular weight is 754 g/mol. The second-order valence-electron chi connectivity index (χ2n) is 15.2. The average Bonchev–Trinajstić information content (AvgIpc) is 3.72. The van der Waals surface area contributed by atoms with Gasteiger partial charge in [0.05, 0.1) is 12.7 Å². The smallest absolute Gasteiger partial charge is 0.407 e. The van der Waals surface area contributed by atoms with Crippen LogP contribution < -0.4 is 25.6 Å². The summed E-state index contributed by atoms with van der Waals surface area (Å²) in [5, 5.41) is 22.9. The summed E-state index contributed by atoms with van der Waals surface area (Å²) < 4.78 is 11.0. The van der Waals surface area contributed by atoms with Gasteiger partial charge in [0.2, 0.25) is 29.5 Å². The number of aromatic nitrogens is 6. The molecule has 0 bridgehead atoms. The topological polar surface area (TPSA) is 192 Å². The highest BCUT2D eigenvalue weighted by Gasteiger charge is 2.30. The van der Waals surface area contributed by atoms with E-state index in [9.17, 15) is 14.4 Å². The monoisotopic (exact) mass is 753 g/mol. The lowest BCUT2D eigenvalue weighted by atomic mass is 9.81. The lowest BCUT2D eigenvalue weighted by Gasteiger charge is -2.32. The Labute approximate surface area is 321 Å². The predicted molar refractivity (Wildman–Crippen MR) is 207 cm³/mol. The van der Waals surface area contributed by atoms with Gasteiger partial charge in [0.25, 0.3) is 0 Å². The van der Waals surface area contributed by atoms with Gasteiger partial charge in [-0.2, -0.15) is 10.2 Å². The molecule has 0 spiro atoms. The highest BCUT2D eigenvalue weighted by Crippen LogP contribution is 2.31. The number of likely N-dealkylation sites (N-methyl/N-ethyl adjacent to an activating group) is 1. The number of benzene rings is 2. The van der Waals surface area contributed by atoms with Crippen LogP contribution in [0.15, 0.2) is 54.7 Å². The number of carbonyl (C=O) groups is 3. The van der Waals surface area contributed by atoms with Gasteiger partial charge in [-0.15, -0.1) is 10.2 Å². The Morgan fingerprint density at radius 2 is 1.64 bits per heavy atom. The number of hydrogen-bond acceptors (Lipinski definition) is 12. The molecule has 4 N–H and O–H groups in total. The second-order valence-corrected chi connectivity index (χ2v) is 15.2. The summed E-state index contributed by atoms with van der Waals surface area (Å²) in [4.78, 5) is 53.5. The van der Waals surface area contributed by atoms with Crippen LogP contribution in [-0.4, -0.2) is 112 Å². The van der Waals surface area contributed by atoms with Crippen molar-refractivity contribution in [3.8, 4) is 28.4 Å². The number of aromatic amines is 1. The van der Waals surface area contributed by atoms with Crippen LogP contribution >= 0.6 is 0 Å².